The Labute approximate surface area is 158 Å². The van der Waals surface area contributed by atoms with Crippen molar-refractivity contribution in [3.8, 4) is 0 Å². The van der Waals surface area contributed by atoms with Gasteiger partial charge in [0.1, 0.15) is 5.69 Å². The number of nitrogens with zero attached hydrogens (tertiary/aromatic N) is 3. The molecule has 3 rings (SSSR count). The fourth-order valence-electron chi connectivity index (χ4n) is 3.54. The Balaban J connectivity index is 1.60. The quantitative estimate of drug-likeness (QED) is 0.883. The van der Waals surface area contributed by atoms with E-state index in [9.17, 15) is 14.4 Å². The van der Waals surface area contributed by atoms with Crippen LogP contribution in [0.4, 0.5) is 0 Å². The van der Waals surface area contributed by atoms with Crippen LogP contribution >= 0.6 is 0 Å². The molecule has 2 amide bonds. The summed E-state index contributed by atoms with van der Waals surface area (Å²) in [6, 6.07) is 6.90. The standard InChI is InChI=1S/C20H24N4O3/c1-13-10-14(2)16(15(3)11-13)12-19(26)23-6-8-24(9-7-23)20(27)17-4-5-18(25)22-21-17/h4-5,10-11H,6-9,12H2,1-3H3,(H,22,25). The van der Waals surface area contributed by atoms with Crippen molar-refractivity contribution in [3.05, 3.63) is 62.6 Å². The average molecular weight is 368 g/mol. The summed E-state index contributed by atoms with van der Waals surface area (Å²) in [5, 5.41) is 6.05. The van der Waals surface area contributed by atoms with E-state index in [1.54, 1.807) is 4.90 Å². The third-order valence-corrected chi connectivity index (χ3v) is 4.99. The Morgan fingerprint density at radius 1 is 1.00 bits per heavy atom. The first-order chi connectivity index (χ1) is 12.8. The predicted molar refractivity (Wildman–Crippen MR) is 102 cm³/mol. The SMILES string of the molecule is Cc1cc(C)c(CC(=O)N2CCN(C(=O)c3ccc(=O)[nH]n3)CC2)c(C)c1. The molecule has 0 spiro atoms. The summed E-state index contributed by atoms with van der Waals surface area (Å²) in [6.45, 7) is 8.04. The molecular formula is C20H24N4O3. The van der Waals surface area contributed by atoms with Crippen molar-refractivity contribution in [2.24, 2.45) is 0 Å². The number of rotatable bonds is 3. The summed E-state index contributed by atoms with van der Waals surface area (Å²) in [7, 11) is 0. The van der Waals surface area contributed by atoms with Gasteiger partial charge in [-0.2, -0.15) is 5.10 Å². The first kappa shape index (κ1) is 18.8. The Morgan fingerprint density at radius 2 is 1.59 bits per heavy atom. The van der Waals surface area contributed by atoms with Crippen LogP contribution in [0.2, 0.25) is 0 Å². The van der Waals surface area contributed by atoms with Gasteiger partial charge in [0.25, 0.3) is 11.5 Å². The molecule has 1 fully saturated rings. The summed E-state index contributed by atoms with van der Waals surface area (Å²) in [4.78, 5) is 39.7. The highest BCUT2D eigenvalue weighted by Crippen LogP contribution is 2.18. The number of aromatic amines is 1. The minimum absolute atomic E-state index is 0.0827. The van der Waals surface area contributed by atoms with E-state index in [0.29, 0.717) is 32.6 Å². The van der Waals surface area contributed by atoms with Crippen LogP contribution in [0.15, 0.2) is 29.1 Å². The molecular weight excluding hydrogens is 344 g/mol. The van der Waals surface area contributed by atoms with Gasteiger partial charge in [-0.1, -0.05) is 17.7 Å². The second-order valence-electron chi connectivity index (χ2n) is 7.03. The van der Waals surface area contributed by atoms with E-state index in [4.69, 9.17) is 0 Å². The fraction of sp³-hybridized carbons (Fsp3) is 0.400. The molecule has 0 atom stereocenters. The molecule has 1 aromatic carbocycles. The molecule has 2 aromatic rings. The molecule has 0 bridgehead atoms. The van der Waals surface area contributed by atoms with E-state index < -0.39 is 0 Å². The molecule has 0 aliphatic carbocycles. The summed E-state index contributed by atoms with van der Waals surface area (Å²) in [5.74, 6) is -0.150. The molecule has 1 aliphatic rings. The number of piperazine rings is 1. The topological polar surface area (TPSA) is 86.4 Å². The number of aromatic nitrogens is 2. The van der Waals surface area contributed by atoms with Crippen LogP contribution in [-0.2, 0) is 11.2 Å². The van der Waals surface area contributed by atoms with Crippen LogP contribution in [0.5, 0.6) is 0 Å². The molecule has 1 aliphatic heterocycles. The van der Waals surface area contributed by atoms with Gasteiger partial charge in [-0.15, -0.1) is 0 Å². The minimum atomic E-state index is -0.344. The zero-order valence-corrected chi connectivity index (χ0v) is 15.9. The third kappa shape index (κ3) is 4.24. The Morgan fingerprint density at radius 3 is 2.15 bits per heavy atom. The Kier molecular flexibility index (Phi) is 5.39. The van der Waals surface area contributed by atoms with E-state index in [1.807, 2.05) is 18.7 Å². The van der Waals surface area contributed by atoms with Crippen LogP contribution in [0.25, 0.3) is 0 Å². The van der Waals surface area contributed by atoms with Crippen molar-refractivity contribution in [1.29, 1.82) is 0 Å². The lowest BCUT2D eigenvalue weighted by Gasteiger charge is -2.34. The summed E-state index contributed by atoms with van der Waals surface area (Å²) < 4.78 is 0. The second kappa shape index (κ2) is 7.73. The molecule has 0 saturated carbocycles. The number of hydrogen-bond acceptors (Lipinski definition) is 4. The smallest absolute Gasteiger partial charge is 0.274 e. The average Bonchev–Trinajstić information content (AvgIpc) is 2.64. The van der Waals surface area contributed by atoms with Crippen LogP contribution in [0.1, 0.15) is 32.7 Å². The van der Waals surface area contributed by atoms with Crippen molar-refractivity contribution in [1.82, 2.24) is 20.0 Å². The van der Waals surface area contributed by atoms with Gasteiger partial charge in [-0.3, -0.25) is 14.4 Å². The maximum Gasteiger partial charge on any atom is 0.274 e. The molecule has 0 unspecified atom stereocenters. The molecule has 1 N–H and O–H groups in total. The van der Waals surface area contributed by atoms with Crippen molar-refractivity contribution in [2.45, 2.75) is 27.2 Å². The first-order valence-corrected chi connectivity index (χ1v) is 9.04. The van der Waals surface area contributed by atoms with Crippen LogP contribution < -0.4 is 5.56 Å². The molecule has 27 heavy (non-hydrogen) atoms. The van der Waals surface area contributed by atoms with E-state index >= 15 is 0 Å². The number of amides is 2. The van der Waals surface area contributed by atoms with Crippen LogP contribution in [0.3, 0.4) is 0 Å². The largest absolute Gasteiger partial charge is 0.339 e. The van der Waals surface area contributed by atoms with Gasteiger partial charge in [0.15, 0.2) is 0 Å². The number of carbonyl (C=O) groups is 2. The Hall–Kier alpha value is -2.96. The number of carbonyl (C=O) groups excluding carboxylic acids is 2. The van der Waals surface area contributed by atoms with E-state index in [2.05, 4.69) is 29.3 Å². The maximum absolute atomic E-state index is 12.7. The number of nitrogens with one attached hydrogen (secondary N) is 1. The monoisotopic (exact) mass is 368 g/mol. The molecule has 2 heterocycles. The molecule has 1 aromatic heterocycles. The van der Waals surface area contributed by atoms with Gasteiger partial charge in [-0.05, 0) is 43.5 Å². The lowest BCUT2D eigenvalue weighted by Crippen LogP contribution is -2.51. The van der Waals surface area contributed by atoms with E-state index in [-0.39, 0.29) is 23.1 Å². The minimum Gasteiger partial charge on any atom is -0.339 e. The summed E-state index contributed by atoms with van der Waals surface area (Å²) in [5.41, 5.74) is 4.42. The molecule has 142 valence electrons. The van der Waals surface area contributed by atoms with E-state index in [0.717, 1.165) is 16.7 Å². The van der Waals surface area contributed by atoms with Gasteiger partial charge < -0.3 is 9.80 Å². The maximum atomic E-state index is 12.7. The lowest BCUT2D eigenvalue weighted by atomic mass is 9.97. The second-order valence-corrected chi connectivity index (χ2v) is 7.03. The van der Waals surface area contributed by atoms with Crippen molar-refractivity contribution < 1.29 is 9.59 Å². The Bertz CT molecular complexity index is 884. The van der Waals surface area contributed by atoms with Gasteiger partial charge in [0, 0.05) is 32.2 Å². The molecule has 7 nitrogen and oxygen atoms in total. The van der Waals surface area contributed by atoms with Crippen molar-refractivity contribution >= 4 is 11.8 Å². The molecule has 1 saturated heterocycles. The fourth-order valence-corrected chi connectivity index (χ4v) is 3.54. The predicted octanol–water partition coefficient (Wildman–Crippen LogP) is 1.22. The van der Waals surface area contributed by atoms with Gasteiger partial charge >= 0.3 is 0 Å². The summed E-state index contributed by atoms with van der Waals surface area (Å²) >= 11 is 0. The molecule has 7 heteroatoms. The van der Waals surface area contributed by atoms with E-state index in [1.165, 1.54) is 17.7 Å². The van der Waals surface area contributed by atoms with Crippen molar-refractivity contribution in [2.75, 3.05) is 26.2 Å². The van der Waals surface area contributed by atoms with Crippen LogP contribution in [0, 0.1) is 20.8 Å². The summed E-state index contributed by atoms with van der Waals surface area (Å²) in [6.07, 6.45) is 0.382. The third-order valence-electron chi connectivity index (χ3n) is 4.99. The number of aryl methyl sites for hydroxylation is 3. The van der Waals surface area contributed by atoms with Crippen molar-refractivity contribution in [3.63, 3.8) is 0 Å². The van der Waals surface area contributed by atoms with Crippen LogP contribution in [-0.4, -0.2) is 58.0 Å². The van der Waals surface area contributed by atoms with Gasteiger partial charge in [0.05, 0.1) is 6.42 Å². The molecule has 0 radical (unpaired) electrons. The number of H-pyrrole nitrogens is 1. The zero-order valence-electron chi connectivity index (χ0n) is 15.9. The normalized spacial score (nSPS) is 14.3. The number of hydrogen-bond donors (Lipinski definition) is 1. The number of benzene rings is 1. The lowest BCUT2D eigenvalue weighted by molar-refractivity contribution is -0.131. The first-order valence-electron chi connectivity index (χ1n) is 9.04. The van der Waals surface area contributed by atoms with Gasteiger partial charge in [0.2, 0.25) is 5.91 Å². The highest BCUT2D eigenvalue weighted by Gasteiger charge is 2.26. The highest BCUT2D eigenvalue weighted by molar-refractivity contribution is 5.92. The van der Waals surface area contributed by atoms with Gasteiger partial charge in [-0.25, -0.2) is 5.10 Å². The highest BCUT2D eigenvalue weighted by atomic mass is 16.2. The zero-order chi connectivity index (χ0) is 19.6.